The Morgan fingerprint density at radius 3 is 2.84 bits per heavy atom. The number of nitrogens with zero attached hydrogens (tertiary/aromatic N) is 1. The molecule has 6 nitrogen and oxygen atoms in total. The minimum atomic E-state index is -0.308. The number of pyridine rings is 2. The van der Waals surface area contributed by atoms with Gasteiger partial charge in [0.15, 0.2) is 0 Å². The molecule has 0 spiro atoms. The summed E-state index contributed by atoms with van der Waals surface area (Å²) >= 11 is 0. The predicted octanol–water partition coefficient (Wildman–Crippen LogP) is 2.28. The molecule has 0 radical (unpaired) electrons. The van der Waals surface area contributed by atoms with Crippen molar-refractivity contribution in [3.63, 3.8) is 0 Å². The highest BCUT2D eigenvalue weighted by Gasteiger charge is 2.06. The molecule has 0 aliphatic carbocycles. The number of rotatable bonds is 6. The molecule has 0 unspecified atom stereocenters. The van der Waals surface area contributed by atoms with Gasteiger partial charge in [-0.2, -0.15) is 0 Å². The molecule has 126 valence electrons. The second-order valence-electron chi connectivity index (χ2n) is 5.38. The van der Waals surface area contributed by atoms with Gasteiger partial charge in [0.2, 0.25) is 5.56 Å². The minimum Gasteiger partial charge on any atom is -0.487 e. The summed E-state index contributed by atoms with van der Waals surface area (Å²) in [4.78, 5) is 30.0. The van der Waals surface area contributed by atoms with Crippen molar-refractivity contribution in [2.24, 2.45) is 0 Å². The molecule has 6 heteroatoms. The van der Waals surface area contributed by atoms with Gasteiger partial charge in [-0.3, -0.25) is 14.6 Å². The summed E-state index contributed by atoms with van der Waals surface area (Å²) in [5.41, 5.74) is 1.76. The zero-order valence-electron chi connectivity index (χ0n) is 13.4. The van der Waals surface area contributed by atoms with Crippen LogP contribution in [0.1, 0.15) is 21.6 Å². The zero-order chi connectivity index (χ0) is 17.5. The van der Waals surface area contributed by atoms with E-state index in [4.69, 9.17) is 4.74 Å². The predicted molar refractivity (Wildman–Crippen MR) is 93.2 cm³/mol. The lowest BCUT2D eigenvalue weighted by atomic mass is 10.2. The summed E-state index contributed by atoms with van der Waals surface area (Å²) in [7, 11) is 0. The highest BCUT2D eigenvalue weighted by atomic mass is 16.5. The smallest absolute Gasteiger partial charge is 0.251 e. The van der Waals surface area contributed by atoms with E-state index >= 15 is 0 Å². The van der Waals surface area contributed by atoms with E-state index in [2.05, 4.69) is 15.3 Å². The molecule has 1 amide bonds. The molecular weight excluding hydrogens is 318 g/mol. The Morgan fingerprint density at radius 1 is 1.12 bits per heavy atom. The van der Waals surface area contributed by atoms with E-state index < -0.39 is 0 Å². The summed E-state index contributed by atoms with van der Waals surface area (Å²) in [6.45, 7) is 0.718. The lowest BCUT2D eigenvalue weighted by Crippen LogP contribution is -2.24. The SMILES string of the molecule is O=C(NCc1cccc(OCc2ccccn2)c1)c1cc[nH]c(=O)c1. The van der Waals surface area contributed by atoms with Gasteiger partial charge in [0.1, 0.15) is 12.4 Å². The average molecular weight is 335 g/mol. The highest BCUT2D eigenvalue weighted by Crippen LogP contribution is 2.14. The van der Waals surface area contributed by atoms with Gasteiger partial charge in [-0.25, -0.2) is 0 Å². The molecular formula is C19H17N3O3. The number of aromatic amines is 1. The van der Waals surface area contributed by atoms with E-state index in [1.54, 1.807) is 12.3 Å². The molecule has 0 saturated carbocycles. The van der Waals surface area contributed by atoms with Crippen LogP contribution in [0.2, 0.25) is 0 Å². The molecule has 2 N–H and O–H groups in total. The van der Waals surface area contributed by atoms with Crippen LogP contribution in [0, 0.1) is 0 Å². The number of nitrogens with one attached hydrogen (secondary N) is 2. The third-order valence-corrected chi connectivity index (χ3v) is 3.50. The third kappa shape index (κ3) is 4.78. The van der Waals surface area contributed by atoms with E-state index in [0.717, 1.165) is 11.3 Å². The monoisotopic (exact) mass is 335 g/mol. The molecule has 2 heterocycles. The van der Waals surface area contributed by atoms with Gasteiger partial charge in [0.25, 0.3) is 5.91 Å². The number of benzene rings is 1. The van der Waals surface area contributed by atoms with Crippen molar-refractivity contribution in [2.45, 2.75) is 13.2 Å². The molecule has 0 fully saturated rings. The first-order valence-electron chi connectivity index (χ1n) is 7.79. The first kappa shape index (κ1) is 16.4. The third-order valence-electron chi connectivity index (χ3n) is 3.50. The number of aromatic nitrogens is 2. The van der Waals surface area contributed by atoms with Crippen molar-refractivity contribution in [2.75, 3.05) is 0 Å². The summed E-state index contributed by atoms with van der Waals surface area (Å²) in [5.74, 6) is 0.402. The number of hydrogen-bond acceptors (Lipinski definition) is 4. The quantitative estimate of drug-likeness (QED) is 0.724. The largest absolute Gasteiger partial charge is 0.487 e. The second-order valence-corrected chi connectivity index (χ2v) is 5.38. The average Bonchev–Trinajstić information content (AvgIpc) is 2.66. The van der Waals surface area contributed by atoms with E-state index in [1.165, 1.54) is 12.3 Å². The van der Waals surface area contributed by atoms with Crippen LogP contribution in [0.4, 0.5) is 0 Å². The van der Waals surface area contributed by atoms with Gasteiger partial charge < -0.3 is 15.0 Å². The van der Waals surface area contributed by atoms with Crippen molar-refractivity contribution in [3.8, 4) is 5.75 Å². The molecule has 25 heavy (non-hydrogen) atoms. The van der Waals surface area contributed by atoms with Gasteiger partial charge in [0.05, 0.1) is 5.69 Å². The van der Waals surface area contributed by atoms with Crippen molar-refractivity contribution in [1.29, 1.82) is 0 Å². The van der Waals surface area contributed by atoms with E-state index in [-0.39, 0.29) is 11.5 Å². The van der Waals surface area contributed by atoms with Crippen LogP contribution >= 0.6 is 0 Å². The summed E-state index contributed by atoms with van der Waals surface area (Å²) < 4.78 is 5.72. The van der Waals surface area contributed by atoms with Gasteiger partial charge in [-0.15, -0.1) is 0 Å². The first-order valence-corrected chi connectivity index (χ1v) is 7.79. The Morgan fingerprint density at radius 2 is 2.04 bits per heavy atom. The maximum Gasteiger partial charge on any atom is 0.251 e. The first-order chi connectivity index (χ1) is 12.2. The Kier molecular flexibility index (Phi) is 5.21. The fourth-order valence-corrected chi connectivity index (χ4v) is 2.26. The van der Waals surface area contributed by atoms with Crippen molar-refractivity contribution in [3.05, 3.63) is 94.2 Å². The number of H-pyrrole nitrogens is 1. The number of hydrogen-bond donors (Lipinski definition) is 2. The van der Waals surface area contributed by atoms with Crippen molar-refractivity contribution < 1.29 is 9.53 Å². The van der Waals surface area contributed by atoms with Gasteiger partial charge >= 0.3 is 0 Å². The number of carbonyl (C=O) groups excluding carboxylic acids is 1. The Labute approximate surface area is 144 Å². The van der Waals surface area contributed by atoms with Crippen LogP contribution in [0.25, 0.3) is 0 Å². The normalized spacial score (nSPS) is 10.2. The van der Waals surface area contributed by atoms with Crippen LogP contribution in [-0.2, 0) is 13.2 Å². The Balaban J connectivity index is 1.58. The Hall–Kier alpha value is -3.41. The number of ether oxygens (including phenoxy) is 1. The molecule has 2 aromatic heterocycles. The van der Waals surface area contributed by atoms with Crippen molar-refractivity contribution in [1.82, 2.24) is 15.3 Å². The molecule has 1 aromatic carbocycles. The lowest BCUT2D eigenvalue weighted by molar-refractivity contribution is 0.0950. The van der Waals surface area contributed by atoms with Crippen LogP contribution < -0.4 is 15.6 Å². The number of amides is 1. The van der Waals surface area contributed by atoms with Gasteiger partial charge in [0, 0.05) is 30.6 Å². The fourth-order valence-electron chi connectivity index (χ4n) is 2.26. The van der Waals surface area contributed by atoms with E-state index in [9.17, 15) is 9.59 Å². The van der Waals surface area contributed by atoms with Gasteiger partial charge in [-0.05, 0) is 35.9 Å². The highest BCUT2D eigenvalue weighted by molar-refractivity contribution is 5.93. The second kappa shape index (κ2) is 7.92. The molecule has 3 rings (SSSR count). The van der Waals surface area contributed by atoms with Crippen LogP contribution in [-0.4, -0.2) is 15.9 Å². The molecule has 0 atom stereocenters. The summed E-state index contributed by atoms with van der Waals surface area (Å²) in [5, 5.41) is 2.78. The van der Waals surface area contributed by atoms with Crippen LogP contribution in [0.3, 0.4) is 0 Å². The molecule has 3 aromatic rings. The van der Waals surface area contributed by atoms with E-state index in [1.807, 2.05) is 42.5 Å². The Bertz CT molecular complexity index is 907. The molecule has 0 saturated heterocycles. The summed E-state index contributed by atoms with van der Waals surface area (Å²) in [6, 6.07) is 16.0. The van der Waals surface area contributed by atoms with Crippen molar-refractivity contribution >= 4 is 5.91 Å². The maximum atomic E-state index is 12.1. The van der Waals surface area contributed by atoms with Gasteiger partial charge in [-0.1, -0.05) is 18.2 Å². The van der Waals surface area contributed by atoms with E-state index in [0.29, 0.717) is 24.5 Å². The van der Waals surface area contributed by atoms with Crippen LogP contribution in [0.5, 0.6) is 5.75 Å². The minimum absolute atomic E-state index is 0.300. The standard InChI is InChI=1S/C19H17N3O3/c23-18-11-15(7-9-21-18)19(24)22-12-14-4-3-6-17(10-14)25-13-16-5-1-2-8-20-16/h1-11H,12-13H2,(H,21,23)(H,22,24). The molecule has 0 bridgehead atoms. The zero-order valence-corrected chi connectivity index (χ0v) is 13.4. The summed E-state index contributed by atoms with van der Waals surface area (Å²) in [6.07, 6.45) is 3.17. The van der Waals surface area contributed by atoms with Crippen LogP contribution in [0.15, 0.2) is 71.8 Å². The fraction of sp³-hybridized carbons (Fsp3) is 0.105. The lowest BCUT2D eigenvalue weighted by Gasteiger charge is -2.09. The maximum absolute atomic E-state index is 12.1. The topological polar surface area (TPSA) is 84.1 Å². The number of carbonyl (C=O) groups is 1. The molecule has 0 aliphatic rings. The molecule has 0 aliphatic heterocycles.